The first-order valence-electron chi connectivity index (χ1n) is 7.55. The third-order valence-corrected chi connectivity index (χ3v) is 6.45. The van der Waals surface area contributed by atoms with Gasteiger partial charge in [0.1, 0.15) is 0 Å². The van der Waals surface area contributed by atoms with Crippen LogP contribution in [0.15, 0.2) is 70.4 Å². The fraction of sp³-hybridized carbons (Fsp3) is 0.0556. The van der Waals surface area contributed by atoms with Crippen molar-refractivity contribution in [3.8, 4) is 0 Å². The maximum atomic E-state index is 12.7. The summed E-state index contributed by atoms with van der Waals surface area (Å²) in [6.07, 6.45) is 0. The maximum absolute atomic E-state index is 12.7. The predicted octanol–water partition coefficient (Wildman–Crippen LogP) is 3.55. The van der Waals surface area contributed by atoms with E-state index in [2.05, 4.69) is 4.72 Å². The van der Waals surface area contributed by atoms with Crippen LogP contribution in [0.1, 0.15) is 0 Å². The van der Waals surface area contributed by atoms with Crippen LogP contribution in [0, 0.1) is 0 Å². The monoisotopic (exact) mass is 370 g/mol. The third kappa shape index (κ3) is 2.81. The van der Waals surface area contributed by atoms with Crippen molar-refractivity contribution < 1.29 is 8.42 Å². The van der Waals surface area contributed by atoms with E-state index in [-0.39, 0.29) is 9.77 Å². The Morgan fingerprint density at radius 3 is 2.52 bits per heavy atom. The summed E-state index contributed by atoms with van der Waals surface area (Å²) in [7, 11) is -2.01. The number of anilines is 1. The van der Waals surface area contributed by atoms with Crippen LogP contribution in [-0.4, -0.2) is 13.0 Å². The molecule has 0 amide bonds. The number of hydrogen-bond donors (Lipinski definition) is 1. The maximum Gasteiger partial charge on any atom is 0.307 e. The molecule has 5 nitrogen and oxygen atoms in total. The van der Waals surface area contributed by atoms with E-state index < -0.39 is 10.0 Å². The van der Waals surface area contributed by atoms with Gasteiger partial charge in [0.25, 0.3) is 10.0 Å². The largest absolute Gasteiger partial charge is 0.307 e. The summed E-state index contributed by atoms with van der Waals surface area (Å²) in [5.41, 5.74) is 1.21. The summed E-state index contributed by atoms with van der Waals surface area (Å²) in [4.78, 5) is 11.8. The fourth-order valence-electron chi connectivity index (χ4n) is 2.75. The highest BCUT2D eigenvalue weighted by Gasteiger charge is 2.15. The molecule has 0 spiro atoms. The summed E-state index contributed by atoms with van der Waals surface area (Å²) in [5.74, 6) is 0. The Labute approximate surface area is 148 Å². The molecule has 25 heavy (non-hydrogen) atoms. The van der Waals surface area contributed by atoms with E-state index >= 15 is 0 Å². The SMILES string of the molecule is Cn1c(=O)sc2cc(NS(=O)(=O)c3ccc4ccccc4c3)ccc21. The molecule has 1 heterocycles. The summed E-state index contributed by atoms with van der Waals surface area (Å²) < 4.78 is 30.2. The molecule has 0 saturated carbocycles. The van der Waals surface area contributed by atoms with Gasteiger partial charge >= 0.3 is 4.87 Å². The van der Waals surface area contributed by atoms with Crippen molar-refractivity contribution in [3.63, 3.8) is 0 Å². The predicted molar refractivity (Wildman–Crippen MR) is 102 cm³/mol. The summed E-state index contributed by atoms with van der Waals surface area (Å²) in [5, 5.41) is 1.85. The lowest BCUT2D eigenvalue weighted by Crippen LogP contribution is -2.12. The summed E-state index contributed by atoms with van der Waals surface area (Å²) in [6.45, 7) is 0. The number of rotatable bonds is 3. The highest BCUT2D eigenvalue weighted by molar-refractivity contribution is 7.92. The number of aryl methyl sites for hydroxylation is 1. The fourth-order valence-corrected chi connectivity index (χ4v) is 4.75. The molecule has 0 unspecified atom stereocenters. The molecule has 0 fully saturated rings. The minimum absolute atomic E-state index is 0.0791. The molecule has 0 aliphatic carbocycles. The van der Waals surface area contributed by atoms with Crippen LogP contribution in [0.4, 0.5) is 5.69 Å². The smallest absolute Gasteiger partial charge is 0.302 e. The zero-order valence-corrected chi connectivity index (χ0v) is 14.9. The molecule has 126 valence electrons. The van der Waals surface area contributed by atoms with E-state index in [1.807, 2.05) is 24.3 Å². The Morgan fingerprint density at radius 2 is 1.72 bits per heavy atom. The number of nitrogens with one attached hydrogen (secondary N) is 1. The van der Waals surface area contributed by atoms with Crippen molar-refractivity contribution in [2.24, 2.45) is 7.05 Å². The second-order valence-corrected chi connectivity index (χ2v) is 8.40. The van der Waals surface area contributed by atoms with Crippen molar-refractivity contribution >= 4 is 48.0 Å². The van der Waals surface area contributed by atoms with Crippen molar-refractivity contribution in [2.45, 2.75) is 4.90 Å². The van der Waals surface area contributed by atoms with Crippen LogP contribution >= 0.6 is 11.3 Å². The van der Waals surface area contributed by atoms with E-state index in [1.54, 1.807) is 48.0 Å². The number of aromatic nitrogens is 1. The Hall–Kier alpha value is -2.64. The average molecular weight is 370 g/mol. The topological polar surface area (TPSA) is 68.2 Å². The molecule has 0 aliphatic rings. The number of nitrogens with zero attached hydrogens (tertiary/aromatic N) is 1. The van der Waals surface area contributed by atoms with Gasteiger partial charge in [-0.1, -0.05) is 41.7 Å². The first-order chi connectivity index (χ1) is 11.9. The highest BCUT2D eigenvalue weighted by Crippen LogP contribution is 2.25. The number of hydrogen-bond acceptors (Lipinski definition) is 4. The zero-order chi connectivity index (χ0) is 17.6. The molecular weight excluding hydrogens is 356 g/mol. The molecule has 1 N–H and O–H groups in total. The minimum atomic E-state index is -3.71. The van der Waals surface area contributed by atoms with Gasteiger partial charge in [-0.15, -0.1) is 0 Å². The zero-order valence-electron chi connectivity index (χ0n) is 13.3. The van der Waals surface area contributed by atoms with E-state index in [1.165, 1.54) is 0 Å². The van der Waals surface area contributed by atoms with Gasteiger partial charge in [0.05, 0.1) is 20.8 Å². The first kappa shape index (κ1) is 15.9. The van der Waals surface area contributed by atoms with Gasteiger partial charge < -0.3 is 4.57 Å². The standard InChI is InChI=1S/C18H14N2O3S2/c1-20-16-9-7-14(11-17(16)24-18(20)21)19-25(22,23)15-8-6-12-4-2-3-5-13(12)10-15/h2-11,19H,1H3. The van der Waals surface area contributed by atoms with E-state index in [0.29, 0.717) is 5.69 Å². The molecule has 4 rings (SSSR count). The molecule has 7 heteroatoms. The van der Waals surface area contributed by atoms with Crippen LogP contribution in [0.5, 0.6) is 0 Å². The molecule has 3 aromatic carbocycles. The Balaban J connectivity index is 1.73. The number of benzene rings is 3. The molecule has 1 aromatic heterocycles. The summed E-state index contributed by atoms with van der Waals surface area (Å²) in [6, 6.07) is 17.7. The molecule has 4 aromatic rings. The molecule has 0 saturated heterocycles. The number of fused-ring (bicyclic) bond motifs is 2. The van der Waals surface area contributed by atoms with Crippen LogP contribution in [0.25, 0.3) is 21.0 Å². The lowest BCUT2D eigenvalue weighted by atomic mass is 10.1. The Morgan fingerprint density at radius 1 is 0.960 bits per heavy atom. The number of sulfonamides is 1. The second-order valence-electron chi connectivity index (χ2n) is 5.72. The third-order valence-electron chi connectivity index (χ3n) is 4.08. The van der Waals surface area contributed by atoms with E-state index in [9.17, 15) is 13.2 Å². The Bertz CT molecular complexity index is 1270. The van der Waals surface area contributed by atoms with Crippen molar-refractivity contribution in [2.75, 3.05) is 4.72 Å². The van der Waals surface area contributed by atoms with Crippen LogP contribution in [0.3, 0.4) is 0 Å². The first-order valence-corrected chi connectivity index (χ1v) is 9.85. The van der Waals surface area contributed by atoms with Gasteiger partial charge in [0.15, 0.2) is 0 Å². The van der Waals surface area contributed by atoms with Crippen molar-refractivity contribution in [3.05, 3.63) is 70.3 Å². The molecule has 0 radical (unpaired) electrons. The van der Waals surface area contributed by atoms with E-state index in [4.69, 9.17) is 0 Å². The van der Waals surface area contributed by atoms with Crippen LogP contribution < -0.4 is 9.60 Å². The molecule has 0 aliphatic heterocycles. The highest BCUT2D eigenvalue weighted by atomic mass is 32.2. The van der Waals surface area contributed by atoms with Gasteiger partial charge in [-0.25, -0.2) is 8.42 Å². The van der Waals surface area contributed by atoms with Gasteiger partial charge in [0, 0.05) is 7.05 Å². The van der Waals surface area contributed by atoms with Gasteiger partial charge in [0.2, 0.25) is 0 Å². The van der Waals surface area contributed by atoms with Crippen molar-refractivity contribution in [1.29, 1.82) is 0 Å². The Kier molecular flexibility index (Phi) is 3.63. The van der Waals surface area contributed by atoms with Gasteiger partial charge in [-0.05, 0) is 41.1 Å². The van der Waals surface area contributed by atoms with Gasteiger partial charge in [-0.2, -0.15) is 0 Å². The van der Waals surface area contributed by atoms with Gasteiger partial charge in [-0.3, -0.25) is 9.52 Å². The quantitative estimate of drug-likeness (QED) is 0.600. The number of thiazole rings is 1. The van der Waals surface area contributed by atoms with Crippen LogP contribution in [0.2, 0.25) is 0 Å². The molecule has 0 atom stereocenters. The lowest BCUT2D eigenvalue weighted by Gasteiger charge is -2.09. The second kappa shape index (κ2) is 5.72. The van der Waals surface area contributed by atoms with Crippen LogP contribution in [-0.2, 0) is 17.1 Å². The lowest BCUT2D eigenvalue weighted by molar-refractivity contribution is 0.601. The summed E-state index contributed by atoms with van der Waals surface area (Å²) >= 11 is 1.09. The van der Waals surface area contributed by atoms with Crippen molar-refractivity contribution in [1.82, 2.24) is 4.57 Å². The minimum Gasteiger partial charge on any atom is -0.302 e. The molecule has 0 bridgehead atoms. The normalized spacial score (nSPS) is 11.9. The molecular formula is C18H14N2O3S2. The average Bonchev–Trinajstić information content (AvgIpc) is 2.88. The van der Waals surface area contributed by atoms with E-state index in [0.717, 1.165) is 32.3 Å².